The van der Waals surface area contributed by atoms with Crippen molar-refractivity contribution in [3.63, 3.8) is 0 Å². The van der Waals surface area contributed by atoms with Gasteiger partial charge in [-0.25, -0.2) is 4.79 Å². The zero-order valence-corrected chi connectivity index (χ0v) is 13.5. The number of fused-ring (bicyclic) bond motifs is 2. The summed E-state index contributed by atoms with van der Waals surface area (Å²) in [4.78, 5) is 24.6. The Hall–Kier alpha value is -3.94. The van der Waals surface area contributed by atoms with Crippen molar-refractivity contribution in [1.82, 2.24) is 0 Å². The van der Waals surface area contributed by atoms with E-state index >= 15 is 0 Å². The molecule has 8 nitrogen and oxygen atoms in total. The second-order valence-electron chi connectivity index (χ2n) is 6.16. The van der Waals surface area contributed by atoms with Crippen LogP contribution in [-0.2, 0) is 0 Å². The molecule has 0 bridgehead atoms. The van der Waals surface area contributed by atoms with Gasteiger partial charge in [-0.1, -0.05) is 0 Å². The van der Waals surface area contributed by atoms with Gasteiger partial charge in [0, 0.05) is 18.2 Å². The third kappa shape index (κ3) is 2.46. The molecule has 1 aliphatic carbocycles. The first-order valence-corrected chi connectivity index (χ1v) is 7.76. The number of benzene rings is 2. The van der Waals surface area contributed by atoms with Crippen molar-refractivity contribution in [3.05, 3.63) is 74.8 Å². The first kappa shape index (κ1) is 16.5. The molecule has 1 aliphatic rings. The van der Waals surface area contributed by atoms with E-state index in [4.69, 9.17) is 4.42 Å². The Morgan fingerprint density at radius 1 is 0.667 bits per heavy atom. The lowest BCUT2D eigenvalue weighted by Crippen LogP contribution is -2.21. The van der Waals surface area contributed by atoms with Gasteiger partial charge in [0.1, 0.15) is 34.5 Å². The predicted octanol–water partition coefficient (Wildman–Crippen LogP) is 1.89. The fraction of sp³-hybridized carbons (Fsp3) is 0.0526. The summed E-state index contributed by atoms with van der Waals surface area (Å²) in [7, 11) is 0. The van der Waals surface area contributed by atoms with E-state index in [-0.39, 0.29) is 39.5 Å². The zero-order valence-electron chi connectivity index (χ0n) is 13.5. The van der Waals surface area contributed by atoms with E-state index in [2.05, 4.69) is 0 Å². The second kappa shape index (κ2) is 5.53. The molecule has 27 heavy (non-hydrogen) atoms. The van der Waals surface area contributed by atoms with Crippen LogP contribution in [0.25, 0.3) is 0 Å². The summed E-state index contributed by atoms with van der Waals surface area (Å²) in [6, 6.07) is 6.32. The molecule has 5 N–H and O–H groups in total. The van der Waals surface area contributed by atoms with Gasteiger partial charge in [0.15, 0.2) is 0 Å². The van der Waals surface area contributed by atoms with Gasteiger partial charge in [-0.2, -0.15) is 0 Å². The number of hydrogen-bond acceptors (Lipinski definition) is 8. The van der Waals surface area contributed by atoms with Crippen LogP contribution >= 0.6 is 0 Å². The molecule has 1 heterocycles. The molecule has 0 spiro atoms. The number of phenolic OH excluding ortho intramolecular Hbond substituents is 4. The average molecular weight is 368 g/mol. The van der Waals surface area contributed by atoms with E-state index in [1.54, 1.807) is 0 Å². The van der Waals surface area contributed by atoms with E-state index in [1.807, 2.05) is 0 Å². The van der Waals surface area contributed by atoms with Crippen LogP contribution in [0.15, 0.2) is 45.6 Å². The van der Waals surface area contributed by atoms with Crippen LogP contribution in [0.1, 0.15) is 38.7 Å². The highest BCUT2D eigenvalue weighted by Crippen LogP contribution is 2.48. The van der Waals surface area contributed by atoms with Crippen LogP contribution < -0.4 is 5.63 Å². The molecular weight excluding hydrogens is 356 g/mol. The quantitative estimate of drug-likeness (QED) is 0.342. The van der Waals surface area contributed by atoms with Crippen LogP contribution in [0.4, 0.5) is 0 Å². The van der Waals surface area contributed by atoms with Gasteiger partial charge in [-0.15, -0.1) is 0 Å². The van der Waals surface area contributed by atoms with Crippen molar-refractivity contribution < 1.29 is 34.7 Å². The van der Waals surface area contributed by atoms with Crippen molar-refractivity contribution in [2.45, 2.75) is 5.92 Å². The average Bonchev–Trinajstić information content (AvgIpc) is 2.52. The lowest BCUT2D eigenvalue weighted by atomic mass is 9.75. The van der Waals surface area contributed by atoms with Crippen molar-refractivity contribution in [2.75, 3.05) is 0 Å². The maximum atomic E-state index is 12.9. The summed E-state index contributed by atoms with van der Waals surface area (Å²) in [5.41, 5.74) is -1.08. The van der Waals surface area contributed by atoms with Crippen LogP contribution in [0, 0.1) is 0 Å². The fourth-order valence-corrected chi connectivity index (χ4v) is 3.44. The molecule has 0 fully saturated rings. The number of ketones is 1. The maximum absolute atomic E-state index is 12.9. The smallest absolute Gasteiger partial charge is 0.339 e. The number of carbonyl (C=O) groups excluding carboxylic acids is 1. The third-order valence-electron chi connectivity index (χ3n) is 4.40. The summed E-state index contributed by atoms with van der Waals surface area (Å²) < 4.78 is 5.15. The molecule has 136 valence electrons. The minimum atomic E-state index is -1.07. The van der Waals surface area contributed by atoms with Crippen LogP contribution in [0.5, 0.6) is 28.7 Å². The Bertz CT molecular complexity index is 1110. The minimum Gasteiger partial charge on any atom is -0.508 e. The van der Waals surface area contributed by atoms with Gasteiger partial charge in [0.05, 0.1) is 23.1 Å². The first-order valence-electron chi connectivity index (χ1n) is 7.76. The molecule has 0 unspecified atom stereocenters. The number of rotatable bonds is 1. The molecule has 0 saturated carbocycles. The highest BCUT2D eigenvalue weighted by Gasteiger charge is 2.38. The number of phenols is 4. The summed E-state index contributed by atoms with van der Waals surface area (Å²) in [6.07, 6.45) is 0. The first-order chi connectivity index (χ1) is 12.8. The van der Waals surface area contributed by atoms with Crippen molar-refractivity contribution in [3.8, 4) is 28.7 Å². The largest absolute Gasteiger partial charge is 0.508 e. The summed E-state index contributed by atoms with van der Waals surface area (Å²) in [5, 5.41) is 49.9. The molecule has 8 heteroatoms. The molecule has 3 aromatic rings. The second-order valence-corrected chi connectivity index (χ2v) is 6.16. The molecule has 0 saturated heterocycles. The number of carbonyl (C=O) groups is 1. The number of aromatic hydroxyl groups is 5. The van der Waals surface area contributed by atoms with Gasteiger partial charge < -0.3 is 29.9 Å². The van der Waals surface area contributed by atoms with E-state index in [9.17, 15) is 35.1 Å². The Kier molecular flexibility index (Phi) is 3.38. The standard InChI is InChI=1S/C19H12O8/c20-7-1-10-16(14-5-9(22)6-15(25)27-14)11-2-8(21)4-13(24)18(11)19(26)17(10)12(23)3-7/h1-6,16,20-24H. The van der Waals surface area contributed by atoms with E-state index < -0.39 is 34.6 Å². The lowest BCUT2D eigenvalue weighted by Gasteiger charge is -2.28. The van der Waals surface area contributed by atoms with Crippen LogP contribution in [0.3, 0.4) is 0 Å². The molecular formula is C19H12O8. The highest BCUT2D eigenvalue weighted by molar-refractivity contribution is 6.16. The monoisotopic (exact) mass is 368 g/mol. The SMILES string of the molecule is O=C1c2c(O)cc(O)cc2C(c2cc(O)cc(=O)o2)c2cc(O)cc(O)c21. The van der Waals surface area contributed by atoms with E-state index in [0.717, 1.165) is 24.3 Å². The predicted molar refractivity (Wildman–Crippen MR) is 90.6 cm³/mol. The van der Waals surface area contributed by atoms with Gasteiger partial charge in [0.2, 0.25) is 5.78 Å². The Balaban J connectivity index is 2.14. The van der Waals surface area contributed by atoms with Gasteiger partial charge in [-0.3, -0.25) is 4.79 Å². The molecule has 0 aliphatic heterocycles. The Morgan fingerprint density at radius 3 is 1.63 bits per heavy atom. The molecule has 0 atom stereocenters. The van der Waals surface area contributed by atoms with E-state index in [1.165, 1.54) is 12.1 Å². The fourth-order valence-electron chi connectivity index (χ4n) is 3.44. The lowest BCUT2D eigenvalue weighted by molar-refractivity contribution is 0.102. The van der Waals surface area contributed by atoms with Crippen molar-refractivity contribution in [1.29, 1.82) is 0 Å². The van der Waals surface area contributed by atoms with Gasteiger partial charge in [-0.05, 0) is 23.3 Å². The van der Waals surface area contributed by atoms with Crippen molar-refractivity contribution in [2.24, 2.45) is 0 Å². The molecule has 4 rings (SSSR count). The summed E-state index contributed by atoms with van der Waals surface area (Å²) in [5.74, 6) is -4.04. The zero-order chi connectivity index (χ0) is 19.5. The minimum absolute atomic E-state index is 0.0868. The van der Waals surface area contributed by atoms with E-state index in [0.29, 0.717) is 0 Å². The topological polar surface area (TPSA) is 148 Å². The van der Waals surface area contributed by atoms with Gasteiger partial charge in [0.25, 0.3) is 0 Å². The normalized spacial score (nSPS) is 13.3. The van der Waals surface area contributed by atoms with Crippen LogP contribution in [0.2, 0.25) is 0 Å². The van der Waals surface area contributed by atoms with Crippen molar-refractivity contribution >= 4 is 5.78 Å². The summed E-state index contributed by atoms with van der Waals surface area (Å²) >= 11 is 0. The maximum Gasteiger partial charge on any atom is 0.339 e. The summed E-state index contributed by atoms with van der Waals surface area (Å²) in [6.45, 7) is 0. The third-order valence-corrected chi connectivity index (χ3v) is 4.40. The molecule has 1 aromatic heterocycles. The number of hydrogen-bond donors (Lipinski definition) is 5. The molecule has 0 amide bonds. The molecule has 0 radical (unpaired) electrons. The van der Waals surface area contributed by atoms with Gasteiger partial charge >= 0.3 is 5.63 Å². The molecule has 2 aromatic carbocycles. The highest BCUT2D eigenvalue weighted by atomic mass is 16.4. The van der Waals surface area contributed by atoms with Crippen LogP contribution in [-0.4, -0.2) is 31.3 Å². The Labute approximate surface area is 150 Å². The Morgan fingerprint density at radius 2 is 1.15 bits per heavy atom.